The first-order chi connectivity index (χ1) is 7.38. The molecule has 0 spiro atoms. The second kappa shape index (κ2) is 10.4. The van der Waals surface area contributed by atoms with Crippen molar-refractivity contribution >= 4 is 0 Å². The third-order valence-corrected chi connectivity index (χ3v) is 2.49. The molecule has 1 saturated carbocycles. The van der Waals surface area contributed by atoms with Crippen LogP contribution < -0.4 is 0 Å². The molecule has 0 saturated heterocycles. The molecule has 0 aliphatic heterocycles. The predicted molar refractivity (Wildman–Crippen MR) is 54.8 cm³/mol. The summed E-state index contributed by atoms with van der Waals surface area (Å²) in [5.41, 5.74) is 0. The van der Waals surface area contributed by atoms with Gasteiger partial charge in [0.2, 0.25) is 0 Å². The van der Waals surface area contributed by atoms with E-state index in [1.165, 1.54) is 24.5 Å². The molecule has 0 aromatic carbocycles. The second-order valence-electron chi connectivity index (χ2n) is 3.69. The van der Waals surface area contributed by atoms with Crippen LogP contribution in [0.2, 0.25) is 0 Å². The Morgan fingerprint density at radius 2 is 1.44 bits per heavy atom. The van der Waals surface area contributed by atoms with Gasteiger partial charge in [0.1, 0.15) is 0 Å². The molecular formula is C10H21NNiO4. The van der Waals surface area contributed by atoms with E-state index in [1.807, 2.05) is 0 Å². The number of hydrogen-bond donors (Lipinski definition) is 2. The average molecular weight is 278 g/mol. The summed E-state index contributed by atoms with van der Waals surface area (Å²) in [5, 5.41) is 18.8. The van der Waals surface area contributed by atoms with E-state index in [4.69, 9.17) is 19.9 Å². The van der Waals surface area contributed by atoms with Crippen molar-refractivity contribution in [3.8, 4) is 0 Å². The molecule has 0 radical (unpaired) electrons. The van der Waals surface area contributed by atoms with Gasteiger partial charge in [0, 0.05) is 16.5 Å². The van der Waals surface area contributed by atoms with Gasteiger partial charge < -0.3 is 10.2 Å². The minimum atomic E-state index is -0.0221. The van der Waals surface area contributed by atoms with Gasteiger partial charge in [-0.15, -0.1) is 0 Å². The quantitative estimate of drug-likeness (QED) is 0.523. The van der Waals surface area contributed by atoms with Crippen molar-refractivity contribution in [1.29, 1.82) is 0 Å². The molecule has 0 atom stereocenters. The van der Waals surface area contributed by atoms with Gasteiger partial charge in [0.05, 0.1) is 32.5 Å². The molecular weight excluding hydrogens is 257 g/mol. The molecule has 1 aliphatic carbocycles. The minimum Gasteiger partial charge on any atom is -0.394 e. The van der Waals surface area contributed by atoms with Gasteiger partial charge in [-0.25, -0.2) is 0 Å². The van der Waals surface area contributed by atoms with Crippen LogP contribution in [0.3, 0.4) is 0 Å². The molecule has 100 valence electrons. The number of hydroxylamine groups is 2. The van der Waals surface area contributed by atoms with E-state index in [1.54, 1.807) is 0 Å². The van der Waals surface area contributed by atoms with Crippen LogP contribution in [0.15, 0.2) is 0 Å². The summed E-state index contributed by atoms with van der Waals surface area (Å²) in [6.07, 6.45) is 5.75. The third-order valence-electron chi connectivity index (χ3n) is 2.49. The summed E-state index contributed by atoms with van der Waals surface area (Å²) >= 11 is 0. The zero-order valence-corrected chi connectivity index (χ0v) is 10.4. The zero-order chi connectivity index (χ0) is 10.9. The molecule has 0 unspecified atom stereocenters. The molecule has 0 aromatic rings. The van der Waals surface area contributed by atoms with Gasteiger partial charge in [-0.05, 0) is 12.8 Å². The fourth-order valence-electron chi connectivity index (χ4n) is 1.80. The van der Waals surface area contributed by atoms with Crippen molar-refractivity contribution in [3.63, 3.8) is 0 Å². The predicted octanol–water partition coefficient (Wildman–Crippen LogP) is 0.466. The van der Waals surface area contributed by atoms with Gasteiger partial charge in [-0.3, -0.25) is 9.68 Å². The molecule has 0 amide bonds. The van der Waals surface area contributed by atoms with Crippen LogP contribution >= 0.6 is 0 Å². The van der Waals surface area contributed by atoms with E-state index in [0.29, 0.717) is 0 Å². The molecule has 0 bridgehead atoms. The van der Waals surface area contributed by atoms with Gasteiger partial charge in [0.15, 0.2) is 0 Å². The molecule has 1 aliphatic rings. The van der Waals surface area contributed by atoms with Crippen molar-refractivity contribution in [2.24, 2.45) is 0 Å². The van der Waals surface area contributed by atoms with Crippen molar-refractivity contribution < 1.29 is 36.4 Å². The first-order valence-corrected chi connectivity index (χ1v) is 5.65. The van der Waals surface area contributed by atoms with Gasteiger partial charge in [-0.2, -0.15) is 0 Å². The van der Waals surface area contributed by atoms with Crippen LogP contribution in [0.4, 0.5) is 0 Å². The Bertz CT molecular complexity index is 148. The van der Waals surface area contributed by atoms with Crippen LogP contribution in [-0.4, -0.2) is 47.9 Å². The van der Waals surface area contributed by atoms with E-state index in [2.05, 4.69) is 0 Å². The third kappa shape index (κ3) is 6.13. The van der Waals surface area contributed by atoms with Gasteiger partial charge in [0.25, 0.3) is 0 Å². The zero-order valence-electron chi connectivity index (χ0n) is 9.42. The SMILES string of the molecule is OCCON(OCCO)C1CCCCC1.[Ni]. The summed E-state index contributed by atoms with van der Waals surface area (Å²) in [5.74, 6) is 0. The van der Waals surface area contributed by atoms with Gasteiger partial charge in [-0.1, -0.05) is 24.5 Å². The number of hydrogen-bond acceptors (Lipinski definition) is 5. The Labute approximate surface area is 107 Å². The molecule has 0 aromatic heterocycles. The van der Waals surface area contributed by atoms with Crippen molar-refractivity contribution in [2.75, 3.05) is 26.4 Å². The number of aliphatic hydroxyl groups is 2. The Balaban J connectivity index is 0.00000225. The maximum atomic E-state index is 8.68. The first-order valence-electron chi connectivity index (χ1n) is 5.65. The Hall–Kier alpha value is 0.294. The average Bonchev–Trinajstić information content (AvgIpc) is 2.30. The molecule has 0 heterocycles. The Kier molecular flexibility index (Phi) is 10.6. The fraction of sp³-hybridized carbons (Fsp3) is 1.00. The second-order valence-corrected chi connectivity index (χ2v) is 3.69. The van der Waals surface area contributed by atoms with Crippen LogP contribution in [0, 0.1) is 0 Å². The van der Waals surface area contributed by atoms with Crippen LogP contribution in [0.5, 0.6) is 0 Å². The summed E-state index contributed by atoms with van der Waals surface area (Å²) in [6.45, 7) is 0.432. The summed E-state index contributed by atoms with van der Waals surface area (Å²) < 4.78 is 0. The Morgan fingerprint density at radius 1 is 0.938 bits per heavy atom. The van der Waals surface area contributed by atoms with Gasteiger partial charge >= 0.3 is 0 Å². The normalized spacial score (nSPS) is 17.4. The number of nitrogens with zero attached hydrogens (tertiary/aromatic N) is 1. The van der Waals surface area contributed by atoms with E-state index < -0.39 is 0 Å². The standard InChI is InChI=1S/C10H21NO4.Ni/c12-6-8-14-11(15-9-7-13)10-4-2-1-3-5-10;/h10,12-13H,1-9H2;. The maximum Gasteiger partial charge on any atom is 0.0942 e. The van der Waals surface area contributed by atoms with Crippen molar-refractivity contribution in [1.82, 2.24) is 5.23 Å². The molecule has 6 heteroatoms. The minimum absolute atomic E-state index is 0. The van der Waals surface area contributed by atoms with Crippen molar-refractivity contribution in [2.45, 2.75) is 38.1 Å². The van der Waals surface area contributed by atoms with Crippen molar-refractivity contribution in [3.05, 3.63) is 0 Å². The van der Waals surface area contributed by atoms with E-state index in [9.17, 15) is 0 Å². The summed E-state index contributed by atoms with van der Waals surface area (Å²) in [7, 11) is 0. The van der Waals surface area contributed by atoms with E-state index in [0.717, 1.165) is 12.8 Å². The number of rotatable bonds is 7. The largest absolute Gasteiger partial charge is 0.394 e. The molecule has 5 nitrogen and oxygen atoms in total. The summed E-state index contributed by atoms with van der Waals surface area (Å²) in [6, 6.07) is 0.261. The molecule has 16 heavy (non-hydrogen) atoms. The topological polar surface area (TPSA) is 62.2 Å². The smallest absolute Gasteiger partial charge is 0.0942 e. The maximum absolute atomic E-state index is 8.68. The summed E-state index contributed by atoms with van der Waals surface area (Å²) in [4.78, 5) is 10.6. The first kappa shape index (κ1) is 16.3. The monoisotopic (exact) mass is 277 g/mol. The fourth-order valence-corrected chi connectivity index (χ4v) is 1.80. The Morgan fingerprint density at radius 3 is 1.88 bits per heavy atom. The van der Waals surface area contributed by atoms with Crippen LogP contribution in [-0.2, 0) is 26.2 Å². The van der Waals surface area contributed by atoms with E-state index in [-0.39, 0.29) is 49.0 Å². The van der Waals surface area contributed by atoms with E-state index >= 15 is 0 Å². The molecule has 1 rings (SSSR count). The van der Waals surface area contributed by atoms with Crippen LogP contribution in [0.25, 0.3) is 0 Å². The van der Waals surface area contributed by atoms with Crippen LogP contribution in [0.1, 0.15) is 32.1 Å². The molecule has 1 fully saturated rings. The molecule has 2 N–H and O–H groups in total. The number of aliphatic hydroxyl groups excluding tert-OH is 2.